The minimum Gasteiger partial charge on any atom is -0.368 e. The molecule has 15 heteroatoms. The van der Waals surface area contributed by atoms with E-state index in [1.807, 2.05) is 88.4 Å². The number of benzene rings is 2. The van der Waals surface area contributed by atoms with E-state index in [0.717, 1.165) is 11.1 Å². The van der Waals surface area contributed by atoms with E-state index in [0.29, 0.717) is 70.9 Å². The molecule has 13 N–H and O–H groups in total. The van der Waals surface area contributed by atoms with Gasteiger partial charge in [-0.15, -0.1) is 0 Å². The predicted molar refractivity (Wildman–Crippen MR) is 251 cm³/mol. The first-order chi connectivity index (χ1) is 30.4. The van der Waals surface area contributed by atoms with Gasteiger partial charge in [-0.25, -0.2) is 0 Å². The zero-order chi connectivity index (χ0) is 47.6. The highest BCUT2D eigenvalue weighted by molar-refractivity contribution is 5.95. The molecular weight excluding hydrogens is 813 g/mol. The van der Waals surface area contributed by atoms with Crippen LogP contribution < -0.4 is 44.6 Å². The number of carbonyl (C=O) groups excluding carboxylic acids is 7. The number of Topliss-reactive ketones (excluding diaryl/α,β-unsaturated/α-hetero) is 3. The topological polar surface area (TPSA) is 286 Å². The summed E-state index contributed by atoms with van der Waals surface area (Å²) >= 11 is 0. The van der Waals surface area contributed by atoms with Crippen LogP contribution in [0.1, 0.15) is 116 Å². The minimum atomic E-state index is -0.984. The Labute approximate surface area is 380 Å². The maximum Gasteiger partial charge on any atom is 0.239 e. The van der Waals surface area contributed by atoms with Gasteiger partial charge in [0.05, 0.1) is 18.1 Å². The summed E-state index contributed by atoms with van der Waals surface area (Å²) in [6.07, 6.45) is 3.97. The van der Waals surface area contributed by atoms with E-state index in [1.54, 1.807) is 0 Å². The average molecular weight is 891 g/mol. The summed E-state index contributed by atoms with van der Waals surface area (Å²) in [5, 5.41) is 8.59. The number of nitrogens with one attached hydrogen (secondary N) is 3. The van der Waals surface area contributed by atoms with Crippen molar-refractivity contribution in [1.29, 1.82) is 0 Å². The highest BCUT2D eigenvalue weighted by Crippen LogP contribution is 2.21. The fourth-order valence-corrected chi connectivity index (χ4v) is 7.77. The number of hydrogen-bond donors (Lipinski definition) is 8. The molecule has 0 heterocycles. The number of carbonyl (C=O) groups is 7. The lowest BCUT2D eigenvalue weighted by molar-refractivity contribution is -0.134. The summed E-state index contributed by atoms with van der Waals surface area (Å²) in [6.45, 7) is 8.70. The molecule has 0 aliphatic heterocycles. The number of nitrogens with two attached hydrogens (primary N) is 5. The average Bonchev–Trinajstić information content (AvgIpc) is 3.25. The van der Waals surface area contributed by atoms with Gasteiger partial charge in [-0.05, 0) is 107 Å². The molecule has 7 atom stereocenters. The van der Waals surface area contributed by atoms with Crippen molar-refractivity contribution in [3.05, 3.63) is 71.8 Å². The molecule has 0 aliphatic carbocycles. The van der Waals surface area contributed by atoms with Crippen LogP contribution in [0.5, 0.6) is 0 Å². The fourth-order valence-electron chi connectivity index (χ4n) is 7.77. The van der Waals surface area contributed by atoms with E-state index < -0.39 is 59.6 Å². The lowest BCUT2D eigenvalue weighted by Crippen LogP contribution is -2.47. The lowest BCUT2D eigenvalue weighted by atomic mass is 9.88. The van der Waals surface area contributed by atoms with Crippen LogP contribution >= 0.6 is 0 Å². The standard InChI is InChI=1S/C49H78N8O7/c1-32(2)25-39(52)43(58)29-37(20-14-23-51)48(63)56-41(46(54)61)21-11-12-24-55-47(62)36(19-13-22-50)30-45(60)42(26-33(3)4)57-49(64)38(27-34-15-7-5-8-16-34)31-44(59)40(53)28-35-17-9-6-10-18-35/h5-10,15-18,32-33,36-42H,11-14,19-31,50-53H2,1-4H3,(H2,54,61)(H,55,62)(H,56,63)(H,57,64)/t36-,37-,38-,39+,40+,41+,42+/m0/s1. The SMILES string of the molecule is CC(C)C[C@@H](N)C(=O)C[C@H](CCCN)C(=O)N[C@H](CCCCNC(=O)[C@@H](CCCN)CC(=O)[C@@H](CC(C)C)NC(=O)[C@H](CC(=O)[C@H](N)Cc1ccccc1)Cc1ccccc1)C(N)=O. The Hall–Kier alpha value is -4.83. The number of ketones is 3. The molecule has 2 aromatic carbocycles. The third-order valence-electron chi connectivity index (χ3n) is 11.4. The maximum atomic E-state index is 14.1. The molecule has 0 saturated heterocycles. The second-order valence-electron chi connectivity index (χ2n) is 18.1. The van der Waals surface area contributed by atoms with E-state index >= 15 is 0 Å². The van der Waals surface area contributed by atoms with Crippen molar-refractivity contribution in [3.8, 4) is 0 Å². The molecule has 2 rings (SSSR count). The van der Waals surface area contributed by atoms with E-state index in [4.69, 9.17) is 28.7 Å². The first-order valence-corrected chi connectivity index (χ1v) is 23.2. The summed E-state index contributed by atoms with van der Waals surface area (Å²) in [4.78, 5) is 93.6. The Kier molecular flexibility index (Phi) is 26.2. The summed E-state index contributed by atoms with van der Waals surface area (Å²) < 4.78 is 0. The molecule has 0 radical (unpaired) electrons. The largest absolute Gasteiger partial charge is 0.368 e. The minimum absolute atomic E-state index is 0.0282. The molecule has 15 nitrogen and oxygen atoms in total. The molecule has 0 aliphatic rings. The van der Waals surface area contributed by atoms with Crippen molar-refractivity contribution in [2.75, 3.05) is 19.6 Å². The van der Waals surface area contributed by atoms with Crippen molar-refractivity contribution in [2.45, 2.75) is 142 Å². The van der Waals surface area contributed by atoms with Crippen LogP contribution in [0.4, 0.5) is 0 Å². The number of amides is 4. The zero-order valence-electron chi connectivity index (χ0n) is 38.7. The van der Waals surface area contributed by atoms with Crippen LogP contribution in [0.25, 0.3) is 0 Å². The van der Waals surface area contributed by atoms with Crippen molar-refractivity contribution in [2.24, 2.45) is 58.3 Å². The molecule has 64 heavy (non-hydrogen) atoms. The molecular formula is C49H78N8O7. The molecule has 0 bridgehead atoms. The van der Waals surface area contributed by atoms with Gasteiger partial charge in [0, 0.05) is 43.6 Å². The molecule has 0 aromatic heterocycles. The number of unbranched alkanes of at least 4 members (excludes halogenated alkanes) is 1. The Morgan fingerprint density at radius 1 is 0.516 bits per heavy atom. The first kappa shape index (κ1) is 55.3. The second kappa shape index (κ2) is 30.3. The van der Waals surface area contributed by atoms with Crippen molar-refractivity contribution >= 4 is 41.0 Å². The summed E-state index contributed by atoms with van der Waals surface area (Å²) in [6, 6.07) is 15.4. The molecule has 0 unspecified atom stereocenters. The number of primary amides is 1. The molecule has 2 aromatic rings. The van der Waals surface area contributed by atoms with Gasteiger partial charge in [0.15, 0.2) is 11.6 Å². The first-order valence-electron chi connectivity index (χ1n) is 23.2. The summed E-state index contributed by atoms with van der Waals surface area (Å²) in [5.74, 6) is -4.66. The molecule has 0 spiro atoms. The normalized spacial score (nSPS) is 14.7. The number of hydrogen-bond acceptors (Lipinski definition) is 11. The Morgan fingerprint density at radius 3 is 1.52 bits per heavy atom. The van der Waals surface area contributed by atoms with E-state index in [9.17, 15) is 33.6 Å². The van der Waals surface area contributed by atoms with Crippen LogP contribution in [-0.4, -0.2) is 84.8 Å². The van der Waals surface area contributed by atoms with Crippen LogP contribution in [0.15, 0.2) is 60.7 Å². The molecule has 356 valence electrons. The van der Waals surface area contributed by atoms with Crippen molar-refractivity contribution in [1.82, 2.24) is 16.0 Å². The Bertz CT molecular complexity index is 1740. The molecule has 0 fully saturated rings. The molecule has 4 amide bonds. The van der Waals surface area contributed by atoms with Crippen LogP contribution in [0, 0.1) is 29.6 Å². The van der Waals surface area contributed by atoms with E-state index in [-0.39, 0.29) is 73.7 Å². The van der Waals surface area contributed by atoms with Crippen molar-refractivity contribution in [3.63, 3.8) is 0 Å². The van der Waals surface area contributed by atoms with Gasteiger partial charge >= 0.3 is 0 Å². The van der Waals surface area contributed by atoms with Gasteiger partial charge in [0.2, 0.25) is 23.6 Å². The summed E-state index contributed by atoms with van der Waals surface area (Å²) in [5.41, 5.74) is 31.4. The van der Waals surface area contributed by atoms with Gasteiger partial charge in [0.25, 0.3) is 0 Å². The lowest BCUT2D eigenvalue weighted by Gasteiger charge is -2.25. The van der Waals surface area contributed by atoms with Gasteiger partial charge in [-0.2, -0.15) is 0 Å². The smallest absolute Gasteiger partial charge is 0.239 e. The zero-order valence-corrected chi connectivity index (χ0v) is 38.7. The number of rotatable bonds is 34. The van der Waals surface area contributed by atoms with Crippen molar-refractivity contribution < 1.29 is 33.6 Å². The maximum absolute atomic E-state index is 14.1. The third-order valence-corrected chi connectivity index (χ3v) is 11.4. The molecule has 0 saturated carbocycles. The van der Waals surface area contributed by atoms with Gasteiger partial charge in [-0.3, -0.25) is 33.6 Å². The monoisotopic (exact) mass is 891 g/mol. The van der Waals surface area contributed by atoms with Gasteiger partial charge in [-0.1, -0.05) is 88.4 Å². The van der Waals surface area contributed by atoms with Crippen LogP contribution in [-0.2, 0) is 46.4 Å². The second-order valence-corrected chi connectivity index (χ2v) is 18.1. The van der Waals surface area contributed by atoms with Gasteiger partial charge < -0.3 is 44.6 Å². The van der Waals surface area contributed by atoms with Gasteiger partial charge in [0.1, 0.15) is 11.8 Å². The van der Waals surface area contributed by atoms with E-state index in [2.05, 4.69) is 16.0 Å². The quantitative estimate of drug-likeness (QED) is 0.0473. The van der Waals surface area contributed by atoms with E-state index in [1.165, 1.54) is 0 Å². The third kappa shape index (κ3) is 21.7. The fraction of sp³-hybridized carbons (Fsp3) is 0.612. The van der Waals surface area contributed by atoms with Crippen LogP contribution in [0.3, 0.4) is 0 Å². The summed E-state index contributed by atoms with van der Waals surface area (Å²) in [7, 11) is 0. The Balaban J connectivity index is 2.08. The predicted octanol–water partition coefficient (Wildman–Crippen LogP) is 3.16. The highest BCUT2D eigenvalue weighted by atomic mass is 16.2. The Morgan fingerprint density at radius 2 is 0.984 bits per heavy atom. The van der Waals surface area contributed by atoms with Crippen LogP contribution in [0.2, 0.25) is 0 Å². The highest BCUT2D eigenvalue weighted by Gasteiger charge is 2.32.